The second kappa shape index (κ2) is 8.17. The summed E-state index contributed by atoms with van der Waals surface area (Å²) < 4.78 is 2.00. The molecule has 0 bridgehead atoms. The number of hydrogen-bond donors (Lipinski definition) is 1. The molecule has 1 N–H and O–H groups in total. The van der Waals surface area contributed by atoms with Gasteiger partial charge in [0.05, 0.1) is 23.6 Å². The summed E-state index contributed by atoms with van der Waals surface area (Å²) in [6, 6.07) is 14.8. The Morgan fingerprint density at radius 2 is 1.86 bits per heavy atom. The first-order chi connectivity index (χ1) is 13.6. The van der Waals surface area contributed by atoms with Gasteiger partial charge >= 0.3 is 0 Å². The molecule has 1 aliphatic carbocycles. The van der Waals surface area contributed by atoms with Gasteiger partial charge < -0.3 is 5.32 Å². The van der Waals surface area contributed by atoms with E-state index in [0.29, 0.717) is 13.0 Å². The molecule has 1 saturated carbocycles. The van der Waals surface area contributed by atoms with Crippen LogP contribution < -0.4 is 5.32 Å². The summed E-state index contributed by atoms with van der Waals surface area (Å²) in [6.45, 7) is 4.71. The fraction of sp³-hybridized carbons (Fsp3) is 0.417. The highest BCUT2D eigenvalue weighted by Crippen LogP contribution is 2.29. The summed E-state index contributed by atoms with van der Waals surface area (Å²) in [5.74, 6) is 0.852. The van der Waals surface area contributed by atoms with Crippen LogP contribution in [-0.2, 0) is 11.3 Å². The lowest BCUT2D eigenvalue weighted by Crippen LogP contribution is -2.14. The van der Waals surface area contributed by atoms with Gasteiger partial charge in [-0.25, -0.2) is 0 Å². The molecule has 1 fully saturated rings. The number of carbonyl (C=O) groups excluding carboxylic acids is 1. The normalized spacial score (nSPS) is 14.6. The Morgan fingerprint density at radius 3 is 2.68 bits per heavy atom. The van der Waals surface area contributed by atoms with Gasteiger partial charge in [-0.05, 0) is 42.5 Å². The van der Waals surface area contributed by atoms with Gasteiger partial charge in [0.15, 0.2) is 0 Å². The Hall–Kier alpha value is -2.62. The molecular weight excluding hydrogens is 346 g/mol. The van der Waals surface area contributed by atoms with Gasteiger partial charge in [0, 0.05) is 6.42 Å². The molecule has 0 aliphatic heterocycles. The van der Waals surface area contributed by atoms with Crippen LogP contribution in [-0.4, -0.2) is 15.7 Å². The molecule has 28 heavy (non-hydrogen) atoms. The molecule has 2 aromatic carbocycles. The van der Waals surface area contributed by atoms with E-state index in [-0.39, 0.29) is 5.91 Å². The molecule has 1 amide bonds. The molecule has 0 spiro atoms. The van der Waals surface area contributed by atoms with E-state index in [1.807, 2.05) is 18.5 Å². The molecule has 4 rings (SSSR count). The zero-order valence-electron chi connectivity index (χ0n) is 16.9. The van der Waals surface area contributed by atoms with Crippen LogP contribution in [0.1, 0.15) is 55.5 Å². The molecule has 0 radical (unpaired) electrons. The predicted octanol–water partition coefficient (Wildman–Crippen LogP) is 5.61. The highest BCUT2D eigenvalue weighted by Gasteiger charge is 2.18. The quantitative estimate of drug-likeness (QED) is 0.609. The maximum absolute atomic E-state index is 12.5. The van der Waals surface area contributed by atoms with Gasteiger partial charge in [-0.2, -0.15) is 5.10 Å². The van der Waals surface area contributed by atoms with Crippen LogP contribution in [0.15, 0.2) is 42.5 Å². The summed E-state index contributed by atoms with van der Waals surface area (Å²) in [5, 5.41) is 10.3. The van der Waals surface area contributed by atoms with Crippen molar-refractivity contribution in [2.24, 2.45) is 5.92 Å². The number of aryl methyl sites for hydroxylation is 1. The lowest BCUT2D eigenvalue weighted by atomic mass is 10.0. The van der Waals surface area contributed by atoms with Crippen LogP contribution >= 0.6 is 0 Å². The summed E-state index contributed by atoms with van der Waals surface area (Å²) in [7, 11) is 0. The van der Waals surface area contributed by atoms with Crippen LogP contribution in [0.2, 0.25) is 0 Å². The Labute approximate surface area is 166 Å². The second-order valence-electron chi connectivity index (χ2n) is 8.08. The number of rotatable bonds is 6. The molecule has 4 heteroatoms. The standard InChI is InChI=1S/C24H29N3O/c1-17-24(25-23(28)15-14-19-8-3-4-9-19)18(2)27(26-17)16-21-12-7-11-20-10-5-6-13-22(20)21/h5-7,10-13,19H,3-4,8-9,14-16H2,1-2H3,(H,25,28). The molecule has 1 aliphatic rings. The minimum absolute atomic E-state index is 0.114. The second-order valence-corrected chi connectivity index (χ2v) is 8.08. The van der Waals surface area contributed by atoms with Crippen LogP contribution in [0.25, 0.3) is 10.8 Å². The van der Waals surface area contributed by atoms with E-state index >= 15 is 0 Å². The molecule has 1 heterocycles. The maximum atomic E-state index is 12.5. The number of nitrogens with zero attached hydrogens (tertiary/aromatic N) is 2. The van der Waals surface area contributed by atoms with E-state index in [1.165, 1.54) is 42.0 Å². The van der Waals surface area contributed by atoms with Crippen LogP contribution in [0.5, 0.6) is 0 Å². The molecule has 0 saturated heterocycles. The van der Waals surface area contributed by atoms with Crippen LogP contribution in [0, 0.1) is 19.8 Å². The van der Waals surface area contributed by atoms with E-state index in [4.69, 9.17) is 5.10 Å². The van der Waals surface area contributed by atoms with Crippen molar-refractivity contribution in [1.29, 1.82) is 0 Å². The Bertz CT molecular complexity index is 977. The van der Waals surface area contributed by atoms with Crippen molar-refractivity contribution in [3.63, 3.8) is 0 Å². The van der Waals surface area contributed by atoms with Crippen molar-refractivity contribution in [2.75, 3.05) is 5.32 Å². The van der Waals surface area contributed by atoms with Gasteiger partial charge in [-0.1, -0.05) is 68.1 Å². The van der Waals surface area contributed by atoms with Crippen LogP contribution in [0.3, 0.4) is 0 Å². The lowest BCUT2D eigenvalue weighted by Gasteiger charge is -2.11. The summed E-state index contributed by atoms with van der Waals surface area (Å²) >= 11 is 0. The average Bonchev–Trinajstić information content (AvgIpc) is 3.31. The molecular formula is C24H29N3O. The van der Waals surface area contributed by atoms with Crippen molar-refractivity contribution in [3.8, 4) is 0 Å². The topological polar surface area (TPSA) is 46.9 Å². The number of carbonyl (C=O) groups is 1. The van der Waals surface area contributed by atoms with E-state index in [2.05, 4.69) is 47.8 Å². The Morgan fingerprint density at radius 1 is 1.11 bits per heavy atom. The van der Waals surface area contributed by atoms with Crippen molar-refractivity contribution >= 4 is 22.4 Å². The number of benzene rings is 2. The highest BCUT2D eigenvalue weighted by molar-refractivity contribution is 5.92. The van der Waals surface area contributed by atoms with Crippen molar-refractivity contribution in [3.05, 3.63) is 59.4 Å². The van der Waals surface area contributed by atoms with E-state index in [1.54, 1.807) is 0 Å². The third kappa shape index (κ3) is 3.96. The summed E-state index contributed by atoms with van der Waals surface area (Å²) in [6.07, 6.45) is 6.84. The van der Waals surface area contributed by atoms with E-state index in [9.17, 15) is 4.79 Å². The van der Waals surface area contributed by atoms with Crippen molar-refractivity contribution in [1.82, 2.24) is 9.78 Å². The SMILES string of the molecule is Cc1nn(Cc2cccc3ccccc23)c(C)c1NC(=O)CCC1CCCC1. The minimum Gasteiger partial charge on any atom is -0.323 e. The zero-order chi connectivity index (χ0) is 19.5. The minimum atomic E-state index is 0.114. The monoisotopic (exact) mass is 375 g/mol. The smallest absolute Gasteiger partial charge is 0.224 e. The summed E-state index contributed by atoms with van der Waals surface area (Å²) in [4.78, 5) is 12.5. The fourth-order valence-electron chi connectivity index (χ4n) is 4.46. The fourth-order valence-corrected chi connectivity index (χ4v) is 4.46. The molecule has 3 aromatic rings. The van der Waals surface area contributed by atoms with Gasteiger partial charge in [-0.3, -0.25) is 9.48 Å². The number of nitrogens with one attached hydrogen (secondary N) is 1. The zero-order valence-corrected chi connectivity index (χ0v) is 16.9. The molecule has 0 unspecified atom stereocenters. The predicted molar refractivity (Wildman–Crippen MR) is 115 cm³/mol. The number of fused-ring (bicyclic) bond motifs is 1. The van der Waals surface area contributed by atoms with E-state index < -0.39 is 0 Å². The molecule has 1 aromatic heterocycles. The highest BCUT2D eigenvalue weighted by atomic mass is 16.1. The average molecular weight is 376 g/mol. The molecule has 0 atom stereocenters. The van der Waals surface area contributed by atoms with Crippen molar-refractivity contribution < 1.29 is 4.79 Å². The number of aromatic nitrogens is 2. The van der Waals surface area contributed by atoms with Gasteiger partial charge in [0.2, 0.25) is 5.91 Å². The first-order valence-corrected chi connectivity index (χ1v) is 10.4. The summed E-state index contributed by atoms with van der Waals surface area (Å²) in [5.41, 5.74) is 4.01. The Balaban J connectivity index is 1.48. The molecule has 146 valence electrons. The Kier molecular flexibility index (Phi) is 5.47. The lowest BCUT2D eigenvalue weighted by molar-refractivity contribution is -0.116. The first kappa shape index (κ1) is 18.7. The van der Waals surface area contributed by atoms with Gasteiger partial charge in [0.25, 0.3) is 0 Å². The van der Waals surface area contributed by atoms with E-state index in [0.717, 1.165) is 29.4 Å². The number of anilines is 1. The van der Waals surface area contributed by atoms with Gasteiger partial charge in [0.1, 0.15) is 0 Å². The first-order valence-electron chi connectivity index (χ1n) is 10.4. The molecule has 4 nitrogen and oxygen atoms in total. The number of hydrogen-bond acceptors (Lipinski definition) is 2. The van der Waals surface area contributed by atoms with Crippen molar-refractivity contribution in [2.45, 2.75) is 58.9 Å². The third-order valence-corrected chi connectivity index (χ3v) is 6.10. The number of amides is 1. The third-order valence-electron chi connectivity index (χ3n) is 6.10. The van der Waals surface area contributed by atoms with Crippen LogP contribution in [0.4, 0.5) is 5.69 Å². The van der Waals surface area contributed by atoms with Gasteiger partial charge in [-0.15, -0.1) is 0 Å². The maximum Gasteiger partial charge on any atom is 0.224 e. The largest absolute Gasteiger partial charge is 0.323 e.